The van der Waals surface area contributed by atoms with Gasteiger partial charge >= 0.3 is 6.18 Å². The van der Waals surface area contributed by atoms with E-state index in [9.17, 15) is 13.2 Å². The first-order valence-electron chi connectivity index (χ1n) is 7.54. The van der Waals surface area contributed by atoms with Gasteiger partial charge in [0.25, 0.3) is 0 Å². The van der Waals surface area contributed by atoms with Crippen LogP contribution < -0.4 is 0 Å². The Morgan fingerprint density at radius 2 is 1.46 bits per heavy atom. The Hall–Kier alpha value is -2.00. The van der Waals surface area contributed by atoms with E-state index in [-0.39, 0.29) is 0 Å². The average molecular weight is 348 g/mol. The monoisotopic (exact) mass is 347 g/mol. The van der Waals surface area contributed by atoms with E-state index in [4.69, 9.17) is 11.6 Å². The van der Waals surface area contributed by atoms with Crippen LogP contribution >= 0.6 is 11.6 Å². The van der Waals surface area contributed by atoms with Crippen molar-refractivity contribution in [3.05, 3.63) is 88.3 Å². The van der Waals surface area contributed by atoms with Crippen molar-refractivity contribution in [2.45, 2.75) is 19.5 Å². The molecule has 2 aromatic rings. The van der Waals surface area contributed by atoms with Gasteiger partial charge < -0.3 is 0 Å². The van der Waals surface area contributed by atoms with Crippen molar-refractivity contribution >= 4 is 22.7 Å². The molecule has 4 heteroatoms. The quantitative estimate of drug-likeness (QED) is 0.570. The fraction of sp³-hybridized carbons (Fsp3) is 0.150. The van der Waals surface area contributed by atoms with Gasteiger partial charge in [0.2, 0.25) is 0 Å². The molecule has 0 nitrogen and oxygen atoms in total. The van der Waals surface area contributed by atoms with Gasteiger partial charge in [-0.25, -0.2) is 0 Å². The molecule has 0 spiro atoms. The topological polar surface area (TPSA) is 0 Å². The van der Waals surface area contributed by atoms with Gasteiger partial charge in [-0.1, -0.05) is 59.6 Å². The summed E-state index contributed by atoms with van der Waals surface area (Å²) in [5.74, 6) is 0. The van der Waals surface area contributed by atoms with Crippen LogP contribution in [0.4, 0.5) is 13.2 Å². The van der Waals surface area contributed by atoms with E-state index in [2.05, 4.69) is 0 Å². The van der Waals surface area contributed by atoms with Gasteiger partial charge in [-0.3, -0.25) is 0 Å². The SMILES string of the molecule is Cc1ccc(C2=CC[CH]C(c3ccc(C(F)(F)F)cc3)=C2Cl)cc1. The zero-order chi connectivity index (χ0) is 17.3. The van der Waals surface area contributed by atoms with E-state index < -0.39 is 11.7 Å². The molecule has 1 aliphatic carbocycles. The molecule has 0 aromatic heterocycles. The molecule has 3 rings (SSSR count). The number of alkyl halides is 3. The second-order valence-electron chi connectivity index (χ2n) is 5.73. The Labute approximate surface area is 144 Å². The fourth-order valence-electron chi connectivity index (χ4n) is 2.68. The molecular weight excluding hydrogens is 333 g/mol. The molecule has 0 atom stereocenters. The Morgan fingerprint density at radius 3 is 2.04 bits per heavy atom. The molecule has 24 heavy (non-hydrogen) atoms. The molecule has 0 heterocycles. The molecular formula is C20H15ClF3. The number of allylic oxidation sites excluding steroid dienone is 4. The van der Waals surface area contributed by atoms with Gasteiger partial charge in [-0.15, -0.1) is 0 Å². The van der Waals surface area contributed by atoms with Crippen molar-refractivity contribution in [3.8, 4) is 0 Å². The Balaban J connectivity index is 1.97. The van der Waals surface area contributed by atoms with Crippen molar-refractivity contribution < 1.29 is 13.2 Å². The second kappa shape index (κ2) is 6.48. The highest BCUT2D eigenvalue weighted by Crippen LogP contribution is 2.40. The highest BCUT2D eigenvalue weighted by Gasteiger charge is 2.30. The lowest BCUT2D eigenvalue weighted by atomic mass is 9.90. The third-order valence-corrected chi connectivity index (χ3v) is 4.41. The normalized spacial score (nSPS) is 15.5. The molecule has 0 aliphatic heterocycles. The summed E-state index contributed by atoms with van der Waals surface area (Å²) in [5, 5.41) is 0.560. The zero-order valence-electron chi connectivity index (χ0n) is 13.0. The molecule has 0 saturated carbocycles. The lowest BCUT2D eigenvalue weighted by molar-refractivity contribution is -0.137. The van der Waals surface area contributed by atoms with E-state index >= 15 is 0 Å². The van der Waals surface area contributed by atoms with Crippen LogP contribution in [-0.2, 0) is 6.18 Å². The van der Waals surface area contributed by atoms with Crippen molar-refractivity contribution in [1.82, 2.24) is 0 Å². The maximum atomic E-state index is 12.7. The minimum absolute atomic E-state index is 0.560. The van der Waals surface area contributed by atoms with Gasteiger partial charge in [-0.05, 0) is 54.2 Å². The summed E-state index contributed by atoms with van der Waals surface area (Å²) in [7, 11) is 0. The van der Waals surface area contributed by atoms with E-state index in [1.165, 1.54) is 12.1 Å². The molecule has 1 aliphatic rings. The van der Waals surface area contributed by atoms with Crippen molar-refractivity contribution in [2.75, 3.05) is 0 Å². The van der Waals surface area contributed by atoms with Crippen LogP contribution in [0, 0.1) is 13.3 Å². The van der Waals surface area contributed by atoms with Gasteiger partial charge in [0.1, 0.15) is 0 Å². The lowest BCUT2D eigenvalue weighted by Gasteiger charge is -2.19. The summed E-state index contributed by atoms with van der Waals surface area (Å²) in [6.07, 6.45) is 0.318. The third-order valence-electron chi connectivity index (χ3n) is 4.00. The molecule has 0 N–H and O–H groups in total. The summed E-state index contributed by atoms with van der Waals surface area (Å²) in [6, 6.07) is 13.1. The van der Waals surface area contributed by atoms with Gasteiger partial charge in [0.15, 0.2) is 0 Å². The Morgan fingerprint density at radius 1 is 0.875 bits per heavy atom. The van der Waals surface area contributed by atoms with Crippen LogP contribution in [0.5, 0.6) is 0 Å². The van der Waals surface area contributed by atoms with Crippen molar-refractivity contribution in [3.63, 3.8) is 0 Å². The molecule has 2 aromatic carbocycles. The number of benzene rings is 2. The number of aryl methyl sites for hydroxylation is 1. The van der Waals surface area contributed by atoms with Crippen molar-refractivity contribution in [2.24, 2.45) is 0 Å². The minimum Gasteiger partial charge on any atom is -0.166 e. The maximum Gasteiger partial charge on any atom is 0.416 e. The molecule has 123 valence electrons. The Bertz CT molecular complexity index is 794. The van der Waals surface area contributed by atoms with E-state index in [1.807, 2.05) is 43.7 Å². The van der Waals surface area contributed by atoms with Crippen LogP contribution in [0.2, 0.25) is 0 Å². The largest absolute Gasteiger partial charge is 0.416 e. The summed E-state index contributed by atoms with van der Waals surface area (Å²) in [6.45, 7) is 2.01. The second-order valence-corrected chi connectivity index (χ2v) is 6.10. The first-order chi connectivity index (χ1) is 11.4. The first kappa shape index (κ1) is 16.8. The van der Waals surface area contributed by atoms with Gasteiger partial charge in [-0.2, -0.15) is 13.2 Å². The van der Waals surface area contributed by atoms with Crippen molar-refractivity contribution in [1.29, 1.82) is 0 Å². The smallest absolute Gasteiger partial charge is 0.166 e. The first-order valence-corrected chi connectivity index (χ1v) is 7.92. The van der Waals surface area contributed by atoms with Crippen LogP contribution in [0.15, 0.2) is 59.6 Å². The predicted octanol–water partition coefficient (Wildman–Crippen LogP) is 6.66. The van der Waals surface area contributed by atoms with Crippen LogP contribution in [0.25, 0.3) is 11.1 Å². The van der Waals surface area contributed by atoms with Gasteiger partial charge in [0.05, 0.1) is 10.6 Å². The standard InChI is InChI=1S/C20H15ClF3/c1-13-5-7-14(8-6-13)17-3-2-4-18(19(17)21)15-9-11-16(12-10-15)20(22,23)24/h3-12H,2H2,1H3. The zero-order valence-corrected chi connectivity index (χ0v) is 13.7. The average Bonchev–Trinajstić information content (AvgIpc) is 2.55. The van der Waals surface area contributed by atoms with Crippen LogP contribution in [0.1, 0.15) is 28.7 Å². The van der Waals surface area contributed by atoms with E-state index in [0.29, 0.717) is 17.0 Å². The number of rotatable bonds is 2. The lowest BCUT2D eigenvalue weighted by Crippen LogP contribution is -2.05. The van der Waals surface area contributed by atoms with E-state index in [0.717, 1.165) is 34.4 Å². The summed E-state index contributed by atoms with van der Waals surface area (Å²) in [5.41, 5.74) is 3.87. The Kier molecular flexibility index (Phi) is 4.55. The third kappa shape index (κ3) is 3.41. The van der Waals surface area contributed by atoms with Crippen LogP contribution in [-0.4, -0.2) is 0 Å². The minimum atomic E-state index is -4.33. The van der Waals surface area contributed by atoms with E-state index in [1.54, 1.807) is 0 Å². The number of hydrogen-bond acceptors (Lipinski definition) is 0. The highest BCUT2D eigenvalue weighted by atomic mass is 35.5. The molecule has 1 radical (unpaired) electrons. The molecule has 0 amide bonds. The molecule has 0 bridgehead atoms. The summed E-state index contributed by atoms with van der Waals surface area (Å²) < 4.78 is 38.1. The maximum absolute atomic E-state index is 12.7. The van der Waals surface area contributed by atoms with Crippen LogP contribution in [0.3, 0.4) is 0 Å². The fourth-order valence-corrected chi connectivity index (χ4v) is 3.05. The number of hydrogen-bond donors (Lipinski definition) is 0. The summed E-state index contributed by atoms with van der Waals surface area (Å²) >= 11 is 6.55. The summed E-state index contributed by atoms with van der Waals surface area (Å²) in [4.78, 5) is 0. The number of halogens is 4. The molecule has 0 saturated heterocycles. The van der Waals surface area contributed by atoms with Gasteiger partial charge in [0, 0.05) is 0 Å². The highest BCUT2D eigenvalue weighted by molar-refractivity contribution is 6.40. The predicted molar refractivity (Wildman–Crippen MR) is 92.3 cm³/mol. The molecule has 0 unspecified atom stereocenters. The molecule has 0 fully saturated rings.